The van der Waals surface area contributed by atoms with Gasteiger partial charge in [-0.15, -0.1) is 0 Å². The molecule has 1 unspecified atom stereocenters. The van der Waals surface area contributed by atoms with Gasteiger partial charge in [-0.3, -0.25) is 4.79 Å². The number of nitrogens with two attached hydrogens (primary N) is 1. The van der Waals surface area contributed by atoms with Gasteiger partial charge in [0.25, 0.3) is 0 Å². The maximum absolute atomic E-state index is 12.2. The molecular weight excluding hydrogens is 280 g/mol. The molecule has 1 amide bonds. The lowest BCUT2D eigenvalue weighted by Crippen LogP contribution is -2.55. The van der Waals surface area contributed by atoms with E-state index in [0.717, 1.165) is 0 Å². The van der Waals surface area contributed by atoms with Gasteiger partial charge in [-0.25, -0.2) is 0 Å². The lowest BCUT2D eigenvalue weighted by Gasteiger charge is -2.27. The maximum atomic E-state index is 12.2. The largest absolute Gasteiger partial charge is 0.490 e. The molecule has 1 aliphatic rings. The number of amides is 1. The highest BCUT2D eigenvalue weighted by Gasteiger charge is 2.39. The summed E-state index contributed by atoms with van der Waals surface area (Å²) in [5.41, 5.74) is 5.14. The number of halogens is 1. The lowest BCUT2D eigenvalue weighted by molar-refractivity contribution is -0.136. The number of para-hydroxylation sites is 1. The highest BCUT2D eigenvalue weighted by atomic mass is 35.5. The van der Waals surface area contributed by atoms with Gasteiger partial charge in [0.2, 0.25) is 5.91 Å². The van der Waals surface area contributed by atoms with E-state index in [1.54, 1.807) is 24.1 Å². The second-order valence-corrected chi connectivity index (χ2v) is 5.37. The Morgan fingerprint density at radius 3 is 2.95 bits per heavy atom. The molecule has 20 heavy (non-hydrogen) atoms. The van der Waals surface area contributed by atoms with E-state index in [9.17, 15) is 4.79 Å². The minimum absolute atomic E-state index is 0.113. The van der Waals surface area contributed by atoms with Crippen LogP contribution in [-0.2, 0) is 9.53 Å². The molecule has 0 bridgehead atoms. The predicted molar refractivity (Wildman–Crippen MR) is 76.9 cm³/mol. The molecule has 5 nitrogen and oxygen atoms in total. The van der Waals surface area contributed by atoms with Crippen LogP contribution in [0.25, 0.3) is 0 Å². The van der Waals surface area contributed by atoms with Gasteiger partial charge in [-0.1, -0.05) is 23.7 Å². The van der Waals surface area contributed by atoms with Crippen LogP contribution < -0.4 is 10.5 Å². The van der Waals surface area contributed by atoms with Crippen molar-refractivity contribution in [2.45, 2.75) is 12.0 Å². The molecule has 1 atom stereocenters. The highest BCUT2D eigenvalue weighted by Crippen LogP contribution is 2.23. The molecule has 1 saturated heterocycles. The monoisotopic (exact) mass is 298 g/mol. The average molecular weight is 299 g/mol. The molecule has 0 saturated carbocycles. The first-order valence-corrected chi connectivity index (χ1v) is 6.90. The Hall–Kier alpha value is -1.30. The van der Waals surface area contributed by atoms with Gasteiger partial charge >= 0.3 is 0 Å². The number of rotatable bonds is 5. The maximum Gasteiger partial charge on any atom is 0.245 e. The van der Waals surface area contributed by atoms with Gasteiger partial charge in [0.1, 0.15) is 17.9 Å². The Bertz CT molecular complexity index is 475. The van der Waals surface area contributed by atoms with Crippen molar-refractivity contribution in [3.8, 4) is 5.75 Å². The summed E-state index contributed by atoms with van der Waals surface area (Å²) in [5, 5.41) is 0.556. The van der Waals surface area contributed by atoms with E-state index in [0.29, 0.717) is 37.0 Å². The Labute approximate surface area is 123 Å². The summed E-state index contributed by atoms with van der Waals surface area (Å²) in [6.07, 6.45) is 0.557. The van der Waals surface area contributed by atoms with Gasteiger partial charge in [0.05, 0.1) is 18.2 Å². The lowest BCUT2D eigenvalue weighted by atomic mass is 9.99. The van der Waals surface area contributed by atoms with Crippen LogP contribution in [-0.4, -0.2) is 49.8 Å². The summed E-state index contributed by atoms with van der Waals surface area (Å²) in [6, 6.07) is 7.24. The molecule has 1 fully saturated rings. The van der Waals surface area contributed by atoms with Gasteiger partial charge < -0.3 is 20.1 Å². The van der Waals surface area contributed by atoms with E-state index in [1.807, 2.05) is 12.1 Å². The van der Waals surface area contributed by atoms with Crippen LogP contribution in [0.5, 0.6) is 5.75 Å². The molecule has 1 heterocycles. The average Bonchev–Trinajstić information content (AvgIpc) is 2.88. The van der Waals surface area contributed by atoms with E-state index >= 15 is 0 Å². The van der Waals surface area contributed by atoms with Crippen molar-refractivity contribution in [2.24, 2.45) is 5.73 Å². The third-order valence-corrected chi connectivity index (χ3v) is 3.66. The smallest absolute Gasteiger partial charge is 0.245 e. The standard InChI is InChI=1S/C14H19ClN2O3/c1-17(13(18)14(16)6-8-19-10-14)7-9-20-12-5-3-2-4-11(12)15/h2-5H,6-10,16H2,1H3. The van der Waals surface area contributed by atoms with E-state index in [4.69, 9.17) is 26.8 Å². The fourth-order valence-electron chi connectivity index (χ4n) is 2.09. The SMILES string of the molecule is CN(CCOc1ccccc1Cl)C(=O)C1(N)CCOC1. The van der Waals surface area contributed by atoms with Gasteiger partial charge in [0, 0.05) is 13.7 Å². The van der Waals surface area contributed by atoms with Crippen molar-refractivity contribution < 1.29 is 14.3 Å². The molecule has 1 aliphatic heterocycles. The number of ether oxygens (including phenoxy) is 2. The first-order chi connectivity index (χ1) is 9.53. The Balaban J connectivity index is 1.82. The van der Waals surface area contributed by atoms with Crippen LogP contribution in [0.1, 0.15) is 6.42 Å². The van der Waals surface area contributed by atoms with E-state index in [-0.39, 0.29) is 12.5 Å². The van der Waals surface area contributed by atoms with Gasteiger partial charge in [-0.2, -0.15) is 0 Å². The topological polar surface area (TPSA) is 64.8 Å². The highest BCUT2D eigenvalue weighted by molar-refractivity contribution is 6.32. The summed E-state index contributed by atoms with van der Waals surface area (Å²) in [6.45, 7) is 1.62. The molecule has 0 radical (unpaired) electrons. The van der Waals surface area contributed by atoms with E-state index in [2.05, 4.69) is 0 Å². The molecule has 6 heteroatoms. The fourth-order valence-corrected chi connectivity index (χ4v) is 2.28. The second kappa shape index (κ2) is 6.43. The third kappa shape index (κ3) is 3.42. The second-order valence-electron chi connectivity index (χ2n) is 4.96. The van der Waals surface area contributed by atoms with Crippen LogP contribution in [0.3, 0.4) is 0 Å². The van der Waals surface area contributed by atoms with Gasteiger partial charge in [-0.05, 0) is 18.6 Å². The zero-order chi connectivity index (χ0) is 14.6. The van der Waals surface area contributed by atoms with Crippen LogP contribution in [0, 0.1) is 0 Å². The Morgan fingerprint density at radius 1 is 1.55 bits per heavy atom. The van der Waals surface area contributed by atoms with Crippen molar-refractivity contribution in [3.05, 3.63) is 29.3 Å². The molecule has 2 rings (SSSR count). The number of hydrogen-bond donors (Lipinski definition) is 1. The molecule has 0 spiro atoms. The first kappa shape index (κ1) is 15.1. The number of carbonyl (C=O) groups excluding carboxylic acids is 1. The van der Waals surface area contributed by atoms with Crippen molar-refractivity contribution in [2.75, 3.05) is 33.4 Å². The summed E-state index contributed by atoms with van der Waals surface area (Å²) < 4.78 is 10.8. The molecular formula is C14H19ClN2O3. The summed E-state index contributed by atoms with van der Waals surface area (Å²) >= 11 is 5.99. The number of carbonyl (C=O) groups is 1. The minimum atomic E-state index is -0.890. The predicted octanol–water partition coefficient (Wildman–Crippen LogP) is 1.29. The Morgan fingerprint density at radius 2 is 2.30 bits per heavy atom. The quantitative estimate of drug-likeness (QED) is 0.890. The zero-order valence-corrected chi connectivity index (χ0v) is 12.2. The van der Waals surface area contributed by atoms with Crippen molar-refractivity contribution in [1.29, 1.82) is 0 Å². The van der Waals surface area contributed by atoms with Crippen LogP contribution >= 0.6 is 11.6 Å². The van der Waals surface area contributed by atoms with Crippen molar-refractivity contribution in [3.63, 3.8) is 0 Å². The number of likely N-dealkylation sites (N-methyl/N-ethyl adjacent to an activating group) is 1. The van der Waals surface area contributed by atoms with Crippen LogP contribution in [0.15, 0.2) is 24.3 Å². The molecule has 0 aliphatic carbocycles. The molecule has 110 valence electrons. The third-order valence-electron chi connectivity index (χ3n) is 3.35. The summed E-state index contributed by atoms with van der Waals surface area (Å²) in [4.78, 5) is 13.8. The molecule has 1 aromatic carbocycles. The Kier molecular flexibility index (Phi) is 4.86. The molecule has 1 aromatic rings. The first-order valence-electron chi connectivity index (χ1n) is 6.52. The zero-order valence-electron chi connectivity index (χ0n) is 11.5. The van der Waals surface area contributed by atoms with Crippen LogP contribution in [0.4, 0.5) is 0 Å². The van der Waals surface area contributed by atoms with Gasteiger partial charge in [0.15, 0.2) is 0 Å². The number of nitrogens with zero attached hydrogens (tertiary/aromatic N) is 1. The summed E-state index contributed by atoms with van der Waals surface area (Å²) in [5.74, 6) is 0.499. The van der Waals surface area contributed by atoms with Crippen LogP contribution in [0.2, 0.25) is 5.02 Å². The number of hydrogen-bond acceptors (Lipinski definition) is 4. The number of benzene rings is 1. The molecule has 0 aromatic heterocycles. The fraction of sp³-hybridized carbons (Fsp3) is 0.500. The normalized spacial score (nSPS) is 21.8. The minimum Gasteiger partial charge on any atom is -0.490 e. The van der Waals surface area contributed by atoms with E-state index in [1.165, 1.54) is 0 Å². The summed E-state index contributed by atoms with van der Waals surface area (Å²) in [7, 11) is 1.71. The van der Waals surface area contributed by atoms with Crippen molar-refractivity contribution in [1.82, 2.24) is 4.90 Å². The van der Waals surface area contributed by atoms with Crippen molar-refractivity contribution >= 4 is 17.5 Å². The van der Waals surface area contributed by atoms with E-state index < -0.39 is 5.54 Å². The molecule has 2 N–H and O–H groups in total.